The summed E-state index contributed by atoms with van der Waals surface area (Å²) in [6, 6.07) is 0.588. The van der Waals surface area contributed by atoms with Gasteiger partial charge in [-0.2, -0.15) is 0 Å². The third-order valence-electron chi connectivity index (χ3n) is 3.32. The predicted octanol–water partition coefficient (Wildman–Crippen LogP) is 1.98. The topological polar surface area (TPSA) is 50.4 Å². The third-order valence-corrected chi connectivity index (χ3v) is 3.32. The van der Waals surface area contributed by atoms with Crippen LogP contribution in [-0.2, 0) is 0 Å². The summed E-state index contributed by atoms with van der Waals surface area (Å²) in [5.41, 5.74) is 2.75. The Bertz CT molecular complexity index is 203. The SMILES string of the molecule is NNC(CCC1CCCC1)=NC1CC1. The molecule has 2 aliphatic carbocycles. The fraction of sp³-hybridized carbons (Fsp3) is 0.909. The quantitative estimate of drug-likeness (QED) is 0.312. The van der Waals surface area contributed by atoms with Crippen molar-refractivity contribution in [3.05, 3.63) is 0 Å². The molecular formula is C11H21N3. The van der Waals surface area contributed by atoms with E-state index in [9.17, 15) is 0 Å². The van der Waals surface area contributed by atoms with E-state index in [1.165, 1.54) is 44.9 Å². The van der Waals surface area contributed by atoms with E-state index in [0.29, 0.717) is 6.04 Å². The Kier molecular flexibility index (Phi) is 3.40. The molecule has 0 atom stereocenters. The summed E-state index contributed by atoms with van der Waals surface area (Å²) < 4.78 is 0. The molecular weight excluding hydrogens is 174 g/mol. The van der Waals surface area contributed by atoms with Crippen LogP contribution in [-0.4, -0.2) is 11.9 Å². The van der Waals surface area contributed by atoms with Gasteiger partial charge in [-0.1, -0.05) is 25.7 Å². The third kappa shape index (κ3) is 2.98. The molecule has 0 aliphatic heterocycles. The first-order chi connectivity index (χ1) is 6.88. The van der Waals surface area contributed by atoms with Gasteiger partial charge in [-0.3, -0.25) is 4.99 Å². The lowest BCUT2D eigenvalue weighted by molar-refractivity contribution is 0.512. The second-order valence-electron chi connectivity index (χ2n) is 4.64. The molecule has 0 spiro atoms. The number of hydrazine groups is 1. The van der Waals surface area contributed by atoms with Crippen molar-refractivity contribution in [1.29, 1.82) is 0 Å². The maximum absolute atomic E-state index is 5.45. The van der Waals surface area contributed by atoms with Crippen LogP contribution in [0.3, 0.4) is 0 Å². The summed E-state index contributed by atoms with van der Waals surface area (Å²) in [5.74, 6) is 7.42. The highest BCUT2D eigenvalue weighted by atomic mass is 15.3. The van der Waals surface area contributed by atoms with Gasteiger partial charge in [0.25, 0.3) is 0 Å². The van der Waals surface area contributed by atoms with Gasteiger partial charge in [-0.05, 0) is 25.2 Å². The van der Waals surface area contributed by atoms with E-state index in [4.69, 9.17) is 5.84 Å². The molecule has 80 valence electrons. The van der Waals surface area contributed by atoms with Crippen molar-refractivity contribution in [1.82, 2.24) is 5.43 Å². The lowest BCUT2D eigenvalue weighted by Crippen LogP contribution is -2.31. The minimum Gasteiger partial charge on any atom is -0.312 e. The normalized spacial score (nSPS) is 24.2. The Hall–Kier alpha value is -0.570. The summed E-state index contributed by atoms with van der Waals surface area (Å²) in [6.45, 7) is 0. The van der Waals surface area contributed by atoms with Crippen LogP contribution in [0.2, 0.25) is 0 Å². The van der Waals surface area contributed by atoms with Crippen molar-refractivity contribution in [2.45, 2.75) is 57.4 Å². The lowest BCUT2D eigenvalue weighted by atomic mass is 10.0. The number of nitrogens with one attached hydrogen (secondary N) is 1. The van der Waals surface area contributed by atoms with Gasteiger partial charge >= 0.3 is 0 Å². The van der Waals surface area contributed by atoms with Crippen molar-refractivity contribution >= 4 is 5.84 Å². The van der Waals surface area contributed by atoms with E-state index in [2.05, 4.69) is 10.4 Å². The smallest absolute Gasteiger partial charge is 0.111 e. The van der Waals surface area contributed by atoms with Gasteiger partial charge in [0.1, 0.15) is 5.84 Å². The van der Waals surface area contributed by atoms with Gasteiger partial charge in [0.15, 0.2) is 0 Å². The van der Waals surface area contributed by atoms with Gasteiger partial charge in [0.2, 0.25) is 0 Å². The highest BCUT2D eigenvalue weighted by Crippen LogP contribution is 2.29. The molecule has 0 bridgehead atoms. The molecule has 0 amide bonds. The summed E-state index contributed by atoms with van der Waals surface area (Å²) in [7, 11) is 0. The zero-order chi connectivity index (χ0) is 9.80. The van der Waals surface area contributed by atoms with Gasteiger partial charge in [-0.15, -0.1) is 0 Å². The Balaban J connectivity index is 1.70. The van der Waals surface area contributed by atoms with E-state index in [1.807, 2.05) is 0 Å². The Labute approximate surface area is 86.1 Å². The molecule has 3 nitrogen and oxygen atoms in total. The zero-order valence-corrected chi connectivity index (χ0v) is 8.84. The molecule has 0 heterocycles. The second-order valence-corrected chi connectivity index (χ2v) is 4.64. The highest BCUT2D eigenvalue weighted by molar-refractivity contribution is 5.81. The standard InChI is InChI=1S/C11H21N3/c12-14-11(13-10-6-7-10)8-5-9-3-1-2-4-9/h9-10H,1-8,12H2,(H,13,14). The molecule has 0 saturated heterocycles. The fourth-order valence-corrected chi connectivity index (χ4v) is 2.24. The van der Waals surface area contributed by atoms with Crippen LogP contribution in [0.5, 0.6) is 0 Å². The van der Waals surface area contributed by atoms with Crippen LogP contribution in [0, 0.1) is 5.92 Å². The van der Waals surface area contributed by atoms with Crippen molar-refractivity contribution in [3.63, 3.8) is 0 Å². The number of rotatable bonds is 4. The van der Waals surface area contributed by atoms with Crippen LogP contribution >= 0.6 is 0 Å². The van der Waals surface area contributed by atoms with Crippen LogP contribution in [0.1, 0.15) is 51.4 Å². The van der Waals surface area contributed by atoms with Crippen LogP contribution < -0.4 is 11.3 Å². The average molecular weight is 195 g/mol. The lowest BCUT2D eigenvalue weighted by Gasteiger charge is -2.10. The van der Waals surface area contributed by atoms with Crippen molar-refractivity contribution in [2.75, 3.05) is 0 Å². The number of amidine groups is 1. The molecule has 14 heavy (non-hydrogen) atoms. The molecule has 3 heteroatoms. The van der Waals surface area contributed by atoms with Gasteiger partial charge in [0.05, 0.1) is 6.04 Å². The highest BCUT2D eigenvalue weighted by Gasteiger charge is 2.21. The van der Waals surface area contributed by atoms with E-state index in [0.717, 1.165) is 18.2 Å². The maximum Gasteiger partial charge on any atom is 0.111 e. The van der Waals surface area contributed by atoms with Crippen molar-refractivity contribution < 1.29 is 0 Å². The molecule has 2 saturated carbocycles. The maximum atomic E-state index is 5.45. The minimum atomic E-state index is 0.588. The summed E-state index contributed by atoms with van der Waals surface area (Å²) >= 11 is 0. The first kappa shape index (κ1) is 9.97. The number of nitrogens with zero attached hydrogens (tertiary/aromatic N) is 1. The monoisotopic (exact) mass is 195 g/mol. The number of aliphatic imine (C=N–C) groups is 1. The van der Waals surface area contributed by atoms with E-state index in [-0.39, 0.29) is 0 Å². The summed E-state index contributed by atoms with van der Waals surface area (Å²) in [5, 5.41) is 0. The molecule has 2 rings (SSSR count). The Morgan fingerprint density at radius 3 is 2.50 bits per heavy atom. The first-order valence-electron chi connectivity index (χ1n) is 5.92. The molecule has 3 N–H and O–H groups in total. The molecule has 2 aliphatic rings. The molecule has 0 aromatic heterocycles. The van der Waals surface area contributed by atoms with E-state index < -0.39 is 0 Å². The number of hydrogen-bond donors (Lipinski definition) is 2. The molecule has 0 unspecified atom stereocenters. The van der Waals surface area contributed by atoms with Crippen LogP contribution in [0.4, 0.5) is 0 Å². The molecule has 0 aromatic carbocycles. The van der Waals surface area contributed by atoms with Crippen LogP contribution in [0.25, 0.3) is 0 Å². The van der Waals surface area contributed by atoms with Gasteiger partial charge in [-0.25, -0.2) is 5.84 Å². The number of hydrogen-bond acceptors (Lipinski definition) is 2. The van der Waals surface area contributed by atoms with Crippen LogP contribution in [0.15, 0.2) is 4.99 Å². The molecule has 0 radical (unpaired) electrons. The average Bonchev–Trinajstić information content (AvgIpc) is 2.86. The van der Waals surface area contributed by atoms with Gasteiger partial charge < -0.3 is 5.43 Å². The predicted molar refractivity (Wildman–Crippen MR) is 59.0 cm³/mol. The van der Waals surface area contributed by atoms with E-state index >= 15 is 0 Å². The Morgan fingerprint density at radius 1 is 1.21 bits per heavy atom. The molecule has 0 aromatic rings. The van der Waals surface area contributed by atoms with E-state index in [1.54, 1.807) is 0 Å². The largest absolute Gasteiger partial charge is 0.312 e. The number of nitrogens with two attached hydrogens (primary N) is 1. The summed E-state index contributed by atoms with van der Waals surface area (Å²) in [6.07, 6.45) is 10.5. The minimum absolute atomic E-state index is 0.588. The molecule has 2 fully saturated rings. The van der Waals surface area contributed by atoms with Crippen molar-refractivity contribution in [3.8, 4) is 0 Å². The zero-order valence-electron chi connectivity index (χ0n) is 8.84. The first-order valence-corrected chi connectivity index (χ1v) is 5.92. The second kappa shape index (κ2) is 4.78. The van der Waals surface area contributed by atoms with Gasteiger partial charge in [0, 0.05) is 6.42 Å². The van der Waals surface area contributed by atoms with Crippen molar-refractivity contribution in [2.24, 2.45) is 16.8 Å². The fourth-order valence-electron chi connectivity index (χ4n) is 2.24. The summed E-state index contributed by atoms with van der Waals surface area (Å²) in [4.78, 5) is 4.55. The Morgan fingerprint density at radius 2 is 1.93 bits per heavy atom.